The molecule has 21 heavy (non-hydrogen) atoms. The van der Waals surface area contributed by atoms with Crippen molar-refractivity contribution in [1.82, 2.24) is 0 Å². The Bertz CT molecular complexity index is 569. The van der Waals surface area contributed by atoms with Gasteiger partial charge in [0.1, 0.15) is 0 Å². The number of imide groups is 1. The number of carbonyl (C=O) groups excluding carboxylic acids is 2. The molecule has 0 bridgehead atoms. The zero-order valence-corrected chi connectivity index (χ0v) is 11.6. The minimum Gasteiger partial charge on any atom is -0.481 e. The highest BCUT2D eigenvalue weighted by Crippen LogP contribution is 2.39. The Morgan fingerprint density at radius 1 is 1.05 bits per heavy atom. The topological polar surface area (TPSA) is 74.7 Å². The Morgan fingerprint density at radius 3 is 2.05 bits per heavy atom. The highest BCUT2D eigenvalue weighted by Gasteiger charge is 2.48. The zero-order valence-electron chi connectivity index (χ0n) is 11.6. The summed E-state index contributed by atoms with van der Waals surface area (Å²) in [5.74, 6) is -1.43. The smallest absolute Gasteiger partial charge is 0.307 e. The fourth-order valence-electron chi connectivity index (χ4n) is 3.35. The second-order valence-corrected chi connectivity index (χ2v) is 5.75. The van der Waals surface area contributed by atoms with Crippen LogP contribution in [0, 0.1) is 11.8 Å². The van der Waals surface area contributed by atoms with Crippen molar-refractivity contribution in [3.05, 3.63) is 29.8 Å². The van der Waals surface area contributed by atoms with E-state index in [1.54, 1.807) is 24.3 Å². The molecule has 5 nitrogen and oxygen atoms in total. The number of carbonyl (C=O) groups is 3. The number of aliphatic carboxylic acids is 1. The van der Waals surface area contributed by atoms with Crippen LogP contribution >= 0.6 is 0 Å². The van der Waals surface area contributed by atoms with Crippen LogP contribution in [0.3, 0.4) is 0 Å². The first-order valence-electron chi connectivity index (χ1n) is 7.26. The van der Waals surface area contributed by atoms with Crippen molar-refractivity contribution in [2.24, 2.45) is 11.8 Å². The third-order valence-corrected chi connectivity index (χ3v) is 4.39. The minimum atomic E-state index is -0.901. The van der Waals surface area contributed by atoms with Crippen LogP contribution in [-0.2, 0) is 20.8 Å². The van der Waals surface area contributed by atoms with E-state index in [9.17, 15) is 14.4 Å². The number of benzene rings is 1. The van der Waals surface area contributed by atoms with Gasteiger partial charge >= 0.3 is 5.97 Å². The van der Waals surface area contributed by atoms with E-state index >= 15 is 0 Å². The predicted molar refractivity (Wildman–Crippen MR) is 75.7 cm³/mol. The van der Waals surface area contributed by atoms with Gasteiger partial charge in [0.25, 0.3) is 0 Å². The summed E-state index contributed by atoms with van der Waals surface area (Å²) in [7, 11) is 0. The molecule has 1 saturated carbocycles. The quantitative estimate of drug-likeness (QED) is 0.863. The number of fused-ring (bicyclic) bond motifs is 1. The second-order valence-electron chi connectivity index (χ2n) is 5.75. The molecule has 3 rings (SSSR count). The van der Waals surface area contributed by atoms with Crippen LogP contribution in [0.5, 0.6) is 0 Å². The summed E-state index contributed by atoms with van der Waals surface area (Å²) in [4.78, 5) is 36.8. The van der Waals surface area contributed by atoms with Crippen molar-refractivity contribution in [2.75, 3.05) is 4.90 Å². The van der Waals surface area contributed by atoms with Crippen molar-refractivity contribution in [2.45, 2.75) is 32.1 Å². The van der Waals surface area contributed by atoms with Crippen LogP contribution in [0.1, 0.15) is 31.2 Å². The average Bonchev–Trinajstić information content (AvgIpc) is 2.72. The van der Waals surface area contributed by atoms with Crippen molar-refractivity contribution in [3.63, 3.8) is 0 Å². The predicted octanol–water partition coefficient (Wildman–Crippen LogP) is 1.99. The van der Waals surface area contributed by atoms with Gasteiger partial charge in [0, 0.05) is 0 Å². The highest BCUT2D eigenvalue weighted by atomic mass is 16.4. The van der Waals surface area contributed by atoms with E-state index in [0.717, 1.165) is 25.7 Å². The van der Waals surface area contributed by atoms with E-state index < -0.39 is 5.97 Å². The number of carboxylic acids is 1. The number of amides is 2. The van der Waals surface area contributed by atoms with E-state index in [1.165, 1.54) is 4.90 Å². The SMILES string of the molecule is O=C(O)Cc1ccc(N2C(=O)C3CCCCC3C2=O)cc1. The molecule has 0 radical (unpaired) electrons. The molecule has 1 aromatic rings. The molecule has 2 fully saturated rings. The van der Waals surface area contributed by atoms with Crippen molar-refractivity contribution >= 4 is 23.5 Å². The van der Waals surface area contributed by atoms with Crippen molar-refractivity contribution < 1.29 is 19.5 Å². The standard InChI is InChI=1S/C16H17NO4/c18-14(19)9-10-5-7-11(8-6-10)17-15(20)12-3-1-2-4-13(12)16(17)21/h5-8,12-13H,1-4,9H2,(H,18,19). The van der Waals surface area contributed by atoms with Crippen molar-refractivity contribution in [1.29, 1.82) is 0 Å². The van der Waals surface area contributed by atoms with E-state index in [2.05, 4.69) is 0 Å². The number of nitrogens with zero attached hydrogens (tertiary/aromatic N) is 1. The third-order valence-electron chi connectivity index (χ3n) is 4.39. The number of anilines is 1. The molecular weight excluding hydrogens is 270 g/mol. The summed E-state index contributed by atoms with van der Waals surface area (Å²) < 4.78 is 0. The minimum absolute atomic E-state index is 0.0621. The van der Waals surface area contributed by atoms with Gasteiger partial charge in [-0.05, 0) is 30.5 Å². The van der Waals surface area contributed by atoms with Gasteiger partial charge in [0.05, 0.1) is 23.9 Å². The van der Waals surface area contributed by atoms with Gasteiger partial charge in [-0.2, -0.15) is 0 Å². The monoisotopic (exact) mass is 287 g/mol. The van der Waals surface area contributed by atoms with Gasteiger partial charge in [0.2, 0.25) is 11.8 Å². The molecule has 2 aliphatic rings. The van der Waals surface area contributed by atoms with Gasteiger partial charge in [0.15, 0.2) is 0 Å². The molecule has 1 heterocycles. The molecule has 110 valence electrons. The molecule has 5 heteroatoms. The van der Waals surface area contributed by atoms with E-state index in [1.807, 2.05) is 0 Å². The molecule has 1 saturated heterocycles. The normalized spacial score (nSPS) is 25.0. The van der Waals surface area contributed by atoms with E-state index in [0.29, 0.717) is 11.3 Å². The molecular formula is C16H17NO4. The van der Waals surface area contributed by atoms with Crippen molar-refractivity contribution in [3.8, 4) is 0 Å². The summed E-state index contributed by atoms with van der Waals surface area (Å²) in [5.41, 5.74) is 1.20. The van der Waals surface area contributed by atoms with Crippen LogP contribution in [0.2, 0.25) is 0 Å². The number of rotatable bonds is 3. The van der Waals surface area contributed by atoms with Crippen LogP contribution in [-0.4, -0.2) is 22.9 Å². The van der Waals surface area contributed by atoms with Gasteiger partial charge in [-0.3, -0.25) is 19.3 Å². The number of hydrogen-bond acceptors (Lipinski definition) is 3. The maximum atomic E-state index is 12.4. The van der Waals surface area contributed by atoms with Gasteiger partial charge < -0.3 is 5.11 Å². The zero-order chi connectivity index (χ0) is 15.0. The lowest BCUT2D eigenvalue weighted by atomic mass is 9.81. The molecule has 0 aromatic heterocycles. The lowest BCUT2D eigenvalue weighted by Gasteiger charge is -2.19. The Morgan fingerprint density at radius 2 is 1.57 bits per heavy atom. The maximum Gasteiger partial charge on any atom is 0.307 e. The Labute approximate surface area is 122 Å². The molecule has 2 atom stereocenters. The van der Waals surface area contributed by atoms with Crippen LogP contribution in [0.25, 0.3) is 0 Å². The molecule has 0 spiro atoms. The molecule has 2 amide bonds. The first-order valence-corrected chi connectivity index (χ1v) is 7.26. The van der Waals surface area contributed by atoms with E-state index in [-0.39, 0.29) is 30.1 Å². The van der Waals surface area contributed by atoms with Crippen LogP contribution in [0.15, 0.2) is 24.3 Å². The lowest BCUT2D eigenvalue weighted by molar-refractivity contribution is -0.136. The largest absolute Gasteiger partial charge is 0.481 e. The van der Waals surface area contributed by atoms with Crippen LogP contribution < -0.4 is 4.90 Å². The van der Waals surface area contributed by atoms with Gasteiger partial charge in [-0.25, -0.2) is 0 Å². The number of carboxylic acid groups (broad SMARTS) is 1. The first-order chi connectivity index (χ1) is 10.1. The summed E-state index contributed by atoms with van der Waals surface area (Å²) in [6.07, 6.45) is 3.54. The number of hydrogen-bond donors (Lipinski definition) is 1. The summed E-state index contributed by atoms with van der Waals surface area (Å²) in [6.45, 7) is 0. The molecule has 1 aliphatic carbocycles. The molecule has 1 N–H and O–H groups in total. The summed E-state index contributed by atoms with van der Waals surface area (Å²) in [5, 5.41) is 8.75. The molecule has 1 aliphatic heterocycles. The maximum absolute atomic E-state index is 12.4. The Kier molecular flexibility index (Phi) is 3.49. The molecule has 1 aromatic carbocycles. The third kappa shape index (κ3) is 2.44. The molecule has 2 unspecified atom stereocenters. The Balaban J connectivity index is 1.84. The van der Waals surface area contributed by atoms with Gasteiger partial charge in [-0.1, -0.05) is 25.0 Å². The van der Waals surface area contributed by atoms with E-state index in [4.69, 9.17) is 5.11 Å². The first kappa shape index (κ1) is 13.8. The summed E-state index contributed by atoms with van der Waals surface area (Å²) in [6, 6.07) is 6.63. The lowest BCUT2D eigenvalue weighted by Crippen LogP contribution is -2.30. The highest BCUT2D eigenvalue weighted by molar-refractivity contribution is 6.22. The second kappa shape index (κ2) is 5.31. The van der Waals surface area contributed by atoms with Gasteiger partial charge in [-0.15, -0.1) is 0 Å². The fourth-order valence-corrected chi connectivity index (χ4v) is 3.35. The summed E-state index contributed by atoms with van der Waals surface area (Å²) >= 11 is 0. The Hall–Kier alpha value is -2.17. The average molecular weight is 287 g/mol. The fraction of sp³-hybridized carbons (Fsp3) is 0.438. The van der Waals surface area contributed by atoms with Crippen LogP contribution in [0.4, 0.5) is 5.69 Å².